The van der Waals surface area contributed by atoms with Gasteiger partial charge in [-0.05, 0) is 31.6 Å². The lowest BCUT2D eigenvalue weighted by molar-refractivity contribution is -0.148. The Bertz CT molecular complexity index is 393. The maximum absolute atomic E-state index is 12.4. The van der Waals surface area contributed by atoms with Crippen LogP contribution < -0.4 is 11.1 Å². The first-order valence-electron chi connectivity index (χ1n) is 7.58. The van der Waals surface area contributed by atoms with Gasteiger partial charge in [0.05, 0.1) is 13.2 Å². The molecule has 1 heterocycles. The normalized spacial score (nSPS) is 28.1. The number of carbonyl (C=O) groups excluding carboxylic acids is 2. The number of hydrogen-bond acceptors (Lipinski definition) is 4. The van der Waals surface area contributed by atoms with E-state index in [1.807, 2.05) is 0 Å². The molecule has 3 fully saturated rings. The van der Waals surface area contributed by atoms with Crippen LogP contribution in [0.3, 0.4) is 0 Å². The van der Waals surface area contributed by atoms with Crippen molar-refractivity contribution < 1.29 is 14.3 Å². The van der Waals surface area contributed by atoms with Crippen LogP contribution in [0.5, 0.6) is 0 Å². The molecule has 0 bridgehead atoms. The van der Waals surface area contributed by atoms with E-state index in [1.54, 1.807) is 4.90 Å². The van der Waals surface area contributed by atoms with Gasteiger partial charge in [0.1, 0.15) is 6.04 Å². The molecule has 0 spiro atoms. The number of ether oxygens (including phenoxy) is 1. The summed E-state index contributed by atoms with van der Waals surface area (Å²) < 4.78 is 5.36. The monoisotopic (exact) mass is 281 g/mol. The summed E-state index contributed by atoms with van der Waals surface area (Å²) in [7, 11) is 0. The average molecular weight is 281 g/mol. The van der Waals surface area contributed by atoms with Crippen LogP contribution in [-0.4, -0.2) is 54.6 Å². The Hall–Kier alpha value is -1.14. The topological polar surface area (TPSA) is 84.7 Å². The Kier molecular flexibility index (Phi) is 3.94. The Morgan fingerprint density at radius 1 is 1.30 bits per heavy atom. The van der Waals surface area contributed by atoms with Gasteiger partial charge in [-0.25, -0.2) is 0 Å². The highest BCUT2D eigenvalue weighted by Gasteiger charge is 2.37. The predicted molar refractivity (Wildman–Crippen MR) is 72.8 cm³/mol. The molecule has 6 heteroatoms. The standard InChI is InChI=1S/C14H23N3O3/c15-11(9-1-2-9)7-13(18)17-5-6-20-8-12(17)14(19)16-10-3-4-10/h9-12H,1-8,15H2,(H,16,19). The number of nitrogens with zero attached hydrogens (tertiary/aromatic N) is 1. The maximum atomic E-state index is 12.4. The summed E-state index contributed by atoms with van der Waals surface area (Å²) in [6.07, 6.45) is 4.68. The van der Waals surface area contributed by atoms with Crippen molar-refractivity contribution in [3.63, 3.8) is 0 Å². The molecule has 2 saturated carbocycles. The molecule has 2 atom stereocenters. The fourth-order valence-electron chi connectivity index (χ4n) is 2.65. The minimum Gasteiger partial charge on any atom is -0.377 e. The molecule has 3 aliphatic rings. The van der Waals surface area contributed by atoms with Crippen LogP contribution in [0.2, 0.25) is 0 Å². The second-order valence-corrected chi connectivity index (χ2v) is 6.17. The molecule has 0 aromatic carbocycles. The van der Waals surface area contributed by atoms with E-state index >= 15 is 0 Å². The Labute approximate surface area is 119 Å². The minimum atomic E-state index is -0.483. The number of amides is 2. The number of hydrogen-bond donors (Lipinski definition) is 2. The molecule has 2 unspecified atom stereocenters. The number of nitrogens with one attached hydrogen (secondary N) is 1. The van der Waals surface area contributed by atoms with Gasteiger partial charge < -0.3 is 20.7 Å². The summed E-state index contributed by atoms with van der Waals surface area (Å²) in [5.41, 5.74) is 6.02. The highest BCUT2D eigenvalue weighted by atomic mass is 16.5. The third-order valence-electron chi connectivity index (χ3n) is 4.31. The van der Waals surface area contributed by atoms with Gasteiger partial charge in [-0.15, -0.1) is 0 Å². The van der Waals surface area contributed by atoms with Gasteiger partial charge in [0.25, 0.3) is 0 Å². The number of rotatable bonds is 5. The molecule has 1 saturated heterocycles. The fraction of sp³-hybridized carbons (Fsp3) is 0.857. The second kappa shape index (κ2) is 5.69. The summed E-state index contributed by atoms with van der Waals surface area (Å²) in [5, 5.41) is 2.95. The number of morpholine rings is 1. The molecule has 0 aromatic heterocycles. The second-order valence-electron chi connectivity index (χ2n) is 6.17. The van der Waals surface area contributed by atoms with Crippen molar-refractivity contribution in [2.45, 2.75) is 50.2 Å². The third kappa shape index (κ3) is 3.30. The van der Waals surface area contributed by atoms with E-state index in [4.69, 9.17) is 10.5 Å². The maximum Gasteiger partial charge on any atom is 0.245 e. The van der Waals surface area contributed by atoms with Crippen LogP contribution in [0.15, 0.2) is 0 Å². The van der Waals surface area contributed by atoms with Crippen LogP contribution in [0.1, 0.15) is 32.1 Å². The molecule has 3 N–H and O–H groups in total. The minimum absolute atomic E-state index is 0.0105. The Morgan fingerprint density at radius 2 is 2.05 bits per heavy atom. The zero-order valence-electron chi connectivity index (χ0n) is 11.7. The highest BCUT2D eigenvalue weighted by Crippen LogP contribution is 2.33. The van der Waals surface area contributed by atoms with Gasteiger partial charge in [0, 0.05) is 25.0 Å². The lowest BCUT2D eigenvalue weighted by Crippen LogP contribution is -2.56. The van der Waals surface area contributed by atoms with Crippen molar-refractivity contribution in [1.29, 1.82) is 0 Å². The zero-order valence-corrected chi connectivity index (χ0v) is 11.7. The molecular formula is C14H23N3O3. The number of nitrogens with two attached hydrogens (primary N) is 1. The molecule has 6 nitrogen and oxygen atoms in total. The number of carbonyl (C=O) groups is 2. The molecule has 20 heavy (non-hydrogen) atoms. The van der Waals surface area contributed by atoms with Crippen molar-refractivity contribution in [3.05, 3.63) is 0 Å². The molecule has 2 aliphatic carbocycles. The lowest BCUT2D eigenvalue weighted by Gasteiger charge is -2.35. The first-order valence-corrected chi connectivity index (χ1v) is 7.58. The van der Waals surface area contributed by atoms with Crippen molar-refractivity contribution in [1.82, 2.24) is 10.2 Å². The summed E-state index contributed by atoms with van der Waals surface area (Å²) in [6, 6.07) is -0.240. The molecular weight excluding hydrogens is 258 g/mol. The van der Waals surface area contributed by atoms with Gasteiger partial charge in [-0.2, -0.15) is 0 Å². The average Bonchev–Trinajstić information content (AvgIpc) is 3.31. The van der Waals surface area contributed by atoms with E-state index in [2.05, 4.69) is 5.32 Å². The van der Waals surface area contributed by atoms with E-state index in [0.717, 1.165) is 25.7 Å². The Balaban J connectivity index is 1.58. The van der Waals surface area contributed by atoms with Crippen LogP contribution in [0, 0.1) is 5.92 Å². The van der Waals surface area contributed by atoms with E-state index in [9.17, 15) is 9.59 Å². The largest absolute Gasteiger partial charge is 0.377 e. The van der Waals surface area contributed by atoms with Crippen molar-refractivity contribution >= 4 is 11.8 Å². The summed E-state index contributed by atoms with van der Waals surface area (Å²) in [4.78, 5) is 26.2. The Morgan fingerprint density at radius 3 is 2.70 bits per heavy atom. The fourth-order valence-corrected chi connectivity index (χ4v) is 2.65. The van der Waals surface area contributed by atoms with Gasteiger partial charge in [0.2, 0.25) is 11.8 Å². The van der Waals surface area contributed by atoms with Crippen LogP contribution in [0.4, 0.5) is 0 Å². The molecule has 112 valence electrons. The molecule has 0 radical (unpaired) electrons. The van der Waals surface area contributed by atoms with Crippen molar-refractivity contribution in [2.75, 3.05) is 19.8 Å². The SMILES string of the molecule is NC(CC(=O)N1CCOCC1C(=O)NC1CC1)C1CC1. The van der Waals surface area contributed by atoms with Gasteiger partial charge in [0.15, 0.2) is 0 Å². The van der Waals surface area contributed by atoms with Crippen molar-refractivity contribution in [2.24, 2.45) is 11.7 Å². The van der Waals surface area contributed by atoms with Gasteiger partial charge >= 0.3 is 0 Å². The van der Waals surface area contributed by atoms with E-state index in [-0.39, 0.29) is 17.9 Å². The van der Waals surface area contributed by atoms with Gasteiger partial charge in [-0.3, -0.25) is 9.59 Å². The van der Waals surface area contributed by atoms with E-state index in [1.165, 1.54) is 0 Å². The smallest absolute Gasteiger partial charge is 0.245 e. The van der Waals surface area contributed by atoms with Crippen LogP contribution in [-0.2, 0) is 14.3 Å². The quantitative estimate of drug-likeness (QED) is 0.719. The van der Waals surface area contributed by atoms with Crippen LogP contribution in [0.25, 0.3) is 0 Å². The first-order chi connectivity index (χ1) is 9.65. The van der Waals surface area contributed by atoms with E-state index < -0.39 is 6.04 Å². The molecule has 1 aliphatic heterocycles. The molecule has 0 aromatic rings. The third-order valence-corrected chi connectivity index (χ3v) is 4.31. The summed E-state index contributed by atoms with van der Waals surface area (Å²) in [6.45, 7) is 1.28. The first kappa shape index (κ1) is 13.8. The van der Waals surface area contributed by atoms with Crippen LogP contribution >= 0.6 is 0 Å². The van der Waals surface area contributed by atoms with Gasteiger partial charge in [-0.1, -0.05) is 0 Å². The zero-order chi connectivity index (χ0) is 14.1. The van der Waals surface area contributed by atoms with E-state index in [0.29, 0.717) is 38.1 Å². The molecule has 3 rings (SSSR count). The summed E-state index contributed by atoms with van der Waals surface area (Å²) in [5.74, 6) is 0.405. The highest BCUT2D eigenvalue weighted by molar-refractivity contribution is 5.88. The lowest BCUT2D eigenvalue weighted by atomic mass is 10.1. The summed E-state index contributed by atoms with van der Waals surface area (Å²) >= 11 is 0. The molecule has 2 amide bonds. The van der Waals surface area contributed by atoms with Crippen molar-refractivity contribution in [3.8, 4) is 0 Å². The predicted octanol–water partition coefficient (Wildman–Crippen LogP) is -0.380.